The summed E-state index contributed by atoms with van der Waals surface area (Å²) in [5.41, 5.74) is 0.504. The Morgan fingerprint density at radius 2 is 2.00 bits per heavy atom. The second-order valence-electron chi connectivity index (χ2n) is 4.10. The van der Waals surface area contributed by atoms with Crippen molar-refractivity contribution in [3.63, 3.8) is 0 Å². The molecular formula is C13H16BrCl2NO. The van der Waals surface area contributed by atoms with Crippen molar-refractivity contribution in [3.05, 3.63) is 33.8 Å². The van der Waals surface area contributed by atoms with Crippen LogP contribution in [0.2, 0.25) is 10.0 Å². The van der Waals surface area contributed by atoms with E-state index in [0.29, 0.717) is 15.6 Å². The Kier molecular flexibility index (Phi) is 7.05. The van der Waals surface area contributed by atoms with Gasteiger partial charge in [0.05, 0.1) is 10.6 Å². The second-order valence-corrected chi connectivity index (χ2v) is 5.74. The lowest BCUT2D eigenvalue weighted by atomic mass is 10.2. The molecule has 0 aliphatic heterocycles. The summed E-state index contributed by atoms with van der Waals surface area (Å²) in [6.07, 6.45) is 3.24. The van der Waals surface area contributed by atoms with Crippen molar-refractivity contribution in [2.45, 2.75) is 19.3 Å². The molecule has 18 heavy (non-hydrogen) atoms. The lowest BCUT2D eigenvalue weighted by molar-refractivity contribution is 0.0793. The van der Waals surface area contributed by atoms with Gasteiger partial charge in [-0.2, -0.15) is 0 Å². The van der Waals surface area contributed by atoms with Gasteiger partial charge in [-0.1, -0.05) is 45.6 Å². The molecule has 1 amide bonds. The highest BCUT2D eigenvalue weighted by Gasteiger charge is 2.14. The van der Waals surface area contributed by atoms with Crippen LogP contribution in [0.15, 0.2) is 18.2 Å². The number of nitrogens with zero attached hydrogens (tertiary/aromatic N) is 1. The van der Waals surface area contributed by atoms with E-state index in [0.717, 1.165) is 31.1 Å². The normalized spacial score (nSPS) is 10.4. The second kappa shape index (κ2) is 8.03. The Morgan fingerprint density at radius 1 is 1.28 bits per heavy atom. The Labute approximate surface area is 126 Å². The zero-order valence-corrected chi connectivity index (χ0v) is 13.4. The predicted octanol–water partition coefficient (Wildman–Crippen LogP) is 4.63. The number of unbranched alkanes of at least 4 members (excludes halogenated alkanes) is 2. The highest BCUT2D eigenvalue weighted by molar-refractivity contribution is 9.09. The van der Waals surface area contributed by atoms with Gasteiger partial charge in [0.25, 0.3) is 5.91 Å². The first-order valence-corrected chi connectivity index (χ1v) is 7.70. The van der Waals surface area contributed by atoms with E-state index >= 15 is 0 Å². The van der Waals surface area contributed by atoms with E-state index in [4.69, 9.17) is 23.2 Å². The molecule has 0 spiro atoms. The van der Waals surface area contributed by atoms with Crippen LogP contribution in [0.3, 0.4) is 0 Å². The minimum absolute atomic E-state index is 0.0597. The highest BCUT2D eigenvalue weighted by atomic mass is 79.9. The predicted molar refractivity (Wildman–Crippen MR) is 81.1 cm³/mol. The van der Waals surface area contributed by atoms with Crippen LogP contribution in [-0.4, -0.2) is 29.7 Å². The summed E-state index contributed by atoms with van der Waals surface area (Å²) < 4.78 is 0. The molecule has 1 rings (SSSR count). The molecule has 2 nitrogen and oxygen atoms in total. The Morgan fingerprint density at radius 3 is 2.61 bits per heavy atom. The van der Waals surface area contributed by atoms with Crippen molar-refractivity contribution in [2.75, 3.05) is 18.9 Å². The van der Waals surface area contributed by atoms with Gasteiger partial charge in [0.15, 0.2) is 0 Å². The summed E-state index contributed by atoms with van der Waals surface area (Å²) in [5.74, 6) is -0.0597. The fourth-order valence-electron chi connectivity index (χ4n) is 1.59. The van der Waals surface area contributed by atoms with Gasteiger partial charge in [-0.25, -0.2) is 0 Å². The maximum atomic E-state index is 12.1. The minimum Gasteiger partial charge on any atom is -0.342 e. The van der Waals surface area contributed by atoms with E-state index in [2.05, 4.69) is 15.9 Å². The Balaban J connectivity index is 2.57. The third-order valence-electron chi connectivity index (χ3n) is 2.64. The van der Waals surface area contributed by atoms with Gasteiger partial charge < -0.3 is 4.90 Å². The van der Waals surface area contributed by atoms with E-state index in [1.807, 2.05) is 0 Å². The lowest BCUT2D eigenvalue weighted by Gasteiger charge is -2.17. The summed E-state index contributed by atoms with van der Waals surface area (Å²) in [5, 5.41) is 1.95. The molecule has 0 unspecified atom stereocenters. The van der Waals surface area contributed by atoms with Crippen LogP contribution in [0.1, 0.15) is 29.6 Å². The molecule has 0 N–H and O–H groups in total. The third kappa shape index (κ3) is 4.79. The van der Waals surface area contributed by atoms with Crippen LogP contribution < -0.4 is 0 Å². The summed E-state index contributed by atoms with van der Waals surface area (Å²) in [4.78, 5) is 13.8. The van der Waals surface area contributed by atoms with E-state index in [-0.39, 0.29) is 5.91 Å². The van der Waals surface area contributed by atoms with Gasteiger partial charge in [0, 0.05) is 23.9 Å². The molecule has 0 saturated heterocycles. The monoisotopic (exact) mass is 351 g/mol. The van der Waals surface area contributed by atoms with Crippen molar-refractivity contribution < 1.29 is 4.79 Å². The Bertz CT molecular complexity index is 412. The molecule has 0 bridgehead atoms. The third-order valence-corrected chi connectivity index (χ3v) is 3.74. The molecule has 0 aliphatic carbocycles. The number of rotatable bonds is 6. The molecule has 1 aromatic carbocycles. The number of amides is 1. The molecule has 0 heterocycles. The molecule has 100 valence electrons. The van der Waals surface area contributed by atoms with Crippen LogP contribution in [-0.2, 0) is 0 Å². The zero-order valence-electron chi connectivity index (χ0n) is 10.3. The topological polar surface area (TPSA) is 20.3 Å². The number of alkyl halides is 1. The van der Waals surface area contributed by atoms with Gasteiger partial charge in [-0.3, -0.25) is 4.79 Å². The van der Waals surface area contributed by atoms with Crippen LogP contribution in [0, 0.1) is 0 Å². The number of carbonyl (C=O) groups is 1. The summed E-state index contributed by atoms with van der Waals surface area (Å²) in [7, 11) is 1.79. The number of benzene rings is 1. The van der Waals surface area contributed by atoms with Crippen molar-refractivity contribution in [1.29, 1.82) is 0 Å². The molecule has 0 radical (unpaired) electrons. The molecule has 0 fully saturated rings. The largest absolute Gasteiger partial charge is 0.342 e. The van der Waals surface area contributed by atoms with Crippen molar-refractivity contribution in [1.82, 2.24) is 4.90 Å². The van der Waals surface area contributed by atoms with Crippen molar-refractivity contribution >= 4 is 45.0 Å². The maximum absolute atomic E-state index is 12.1. The molecule has 1 aromatic rings. The van der Waals surface area contributed by atoms with Gasteiger partial charge in [0.2, 0.25) is 0 Å². The SMILES string of the molecule is CN(CCCCCBr)C(=O)c1ccc(Cl)cc1Cl. The van der Waals surface area contributed by atoms with E-state index in [1.165, 1.54) is 0 Å². The van der Waals surface area contributed by atoms with Crippen molar-refractivity contribution in [2.24, 2.45) is 0 Å². The minimum atomic E-state index is -0.0597. The molecule has 0 aromatic heterocycles. The maximum Gasteiger partial charge on any atom is 0.255 e. The summed E-state index contributed by atoms with van der Waals surface area (Å²) in [6, 6.07) is 4.94. The van der Waals surface area contributed by atoms with E-state index in [9.17, 15) is 4.79 Å². The molecule has 0 atom stereocenters. The smallest absolute Gasteiger partial charge is 0.255 e. The highest BCUT2D eigenvalue weighted by Crippen LogP contribution is 2.22. The average Bonchev–Trinajstić information content (AvgIpc) is 2.33. The molecule has 5 heteroatoms. The average molecular weight is 353 g/mol. The number of hydrogen-bond donors (Lipinski definition) is 0. The van der Waals surface area contributed by atoms with Gasteiger partial charge in [0.1, 0.15) is 0 Å². The summed E-state index contributed by atoms with van der Waals surface area (Å²) in [6.45, 7) is 0.741. The number of carbonyl (C=O) groups excluding carboxylic acids is 1. The summed E-state index contributed by atoms with van der Waals surface area (Å²) >= 11 is 15.2. The quantitative estimate of drug-likeness (QED) is 0.539. The van der Waals surface area contributed by atoms with Crippen LogP contribution in [0.4, 0.5) is 0 Å². The van der Waals surface area contributed by atoms with Gasteiger partial charge in [-0.15, -0.1) is 0 Å². The molecule has 0 aliphatic rings. The number of hydrogen-bond acceptors (Lipinski definition) is 1. The van der Waals surface area contributed by atoms with Gasteiger partial charge in [-0.05, 0) is 31.0 Å². The van der Waals surface area contributed by atoms with Crippen LogP contribution in [0.25, 0.3) is 0 Å². The lowest BCUT2D eigenvalue weighted by Crippen LogP contribution is -2.28. The fourth-order valence-corrected chi connectivity index (χ4v) is 2.48. The van der Waals surface area contributed by atoms with E-state index in [1.54, 1.807) is 30.1 Å². The molecular weight excluding hydrogens is 337 g/mol. The van der Waals surface area contributed by atoms with Gasteiger partial charge >= 0.3 is 0 Å². The zero-order chi connectivity index (χ0) is 13.5. The number of halogens is 3. The fraction of sp³-hybridized carbons (Fsp3) is 0.462. The van der Waals surface area contributed by atoms with E-state index < -0.39 is 0 Å². The van der Waals surface area contributed by atoms with Crippen LogP contribution in [0.5, 0.6) is 0 Å². The first-order valence-electron chi connectivity index (χ1n) is 5.82. The van der Waals surface area contributed by atoms with Crippen LogP contribution >= 0.6 is 39.1 Å². The first-order chi connectivity index (χ1) is 8.56. The Hall–Kier alpha value is -0.250. The van der Waals surface area contributed by atoms with Crippen molar-refractivity contribution in [3.8, 4) is 0 Å². The first kappa shape index (κ1) is 15.8. The molecule has 0 saturated carbocycles. The standard InChI is InChI=1S/C13H16BrCl2NO/c1-17(8-4-2-3-7-14)13(18)11-6-5-10(15)9-12(11)16/h5-6,9H,2-4,7-8H2,1H3.